The molecule has 4 heteroatoms. The van der Waals surface area contributed by atoms with Crippen molar-refractivity contribution in [1.29, 1.82) is 0 Å². The molecule has 11 heavy (non-hydrogen) atoms. The average Bonchev–Trinajstić information content (AvgIpc) is 1.90. The smallest absolute Gasteiger partial charge is 0.267 e. The first-order valence-corrected chi connectivity index (χ1v) is 5.48. The summed E-state index contributed by atoms with van der Waals surface area (Å²) in [6.07, 6.45) is 1.43. The van der Waals surface area contributed by atoms with Gasteiger partial charge in [-0.05, 0) is 25.7 Å². The Morgan fingerprint density at radius 2 is 2.00 bits per heavy atom. The first-order valence-electron chi connectivity index (χ1n) is 3.90. The van der Waals surface area contributed by atoms with Gasteiger partial charge in [-0.2, -0.15) is 8.42 Å². The van der Waals surface area contributed by atoms with Gasteiger partial charge in [-0.25, -0.2) is 0 Å². The van der Waals surface area contributed by atoms with Gasteiger partial charge < -0.3 is 0 Å². The molecular weight excluding hydrogens is 164 g/mol. The minimum atomic E-state index is -3.20. The lowest BCUT2D eigenvalue weighted by molar-refractivity contribution is 0.209. The van der Waals surface area contributed by atoms with Gasteiger partial charge in [-0.1, -0.05) is 6.92 Å². The van der Waals surface area contributed by atoms with Crippen LogP contribution in [-0.4, -0.2) is 20.3 Å². The van der Waals surface area contributed by atoms with Crippen LogP contribution in [0.3, 0.4) is 0 Å². The summed E-state index contributed by atoms with van der Waals surface area (Å²) in [7, 11) is -3.20. The lowest BCUT2D eigenvalue weighted by atomic mass is 10.0. The lowest BCUT2D eigenvalue weighted by Gasteiger charge is -2.09. The van der Waals surface area contributed by atoms with Crippen LogP contribution in [0.5, 0.6) is 0 Å². The van der Waals surface area contributed by atoms with Crippen molar-refractivity contribution in [1.82, 2.24) is 0 Å². The van der Waals surface area contributed by atoms with Crippen molar-refractivity contribution in [2.45, 2.75) is 32.8 Å². The van der Waals surface area contributed by atoms with Gasteiger partial charge in [0, 0.05) is 0 Å². The normalized spacial score (nSPS) is 38.0. The summed E-state index contributed by atoms with van der Waals surface area (Å²) in [5, 5.41) is 0. The van der Waals surface area contributed by atoms with Crippen molar-refractivity contribution in [2.24, 2.45) is 5.92 Å². The number of rotatable bonds is 0. The highest BCUT2D eigenvalue weighted by atomic mass is 32.2. The minimum absolute atomic E-state index is 0.141. The molecule has 0 aromatic rings. The van der Waals surface area contributed by atoms with Crippen LogP contribution in [0.2, 0.25) is 0 Å². The third-order valence-corrected chi connectivity index (χ3v) is 3.26. The van der Waals surface area contributed by atoms with Crippen molar-refractivity contribution < 1.29 is 12.6 Å². The standard InChI is InChI=1S/C7H14O3S/c1-6-3-4-11(8,9)10-7(2)5-6/h6-7H,3-5H2,1-2H3. The molecule has 2 unspecified atom stereocenters. The molecule has 0 aromatic carbocycles. The predicted molar refractivity (Wildman–Crippen MR) is 42.7 cm³/mol. The van der Waals surface area contributed by atoms with Crippen molar-refractivity contribution in [3.05, 3.63) is 0 Å². The lowest BCUT2D eigenvalue weighted by Crippen LogP contribution is -2.14. The molecule has 2 atom stereocenters. The van der Waals surface area contributed by atoms with Gasteiger partial charge in [0.15, 0.2) is 0 Å². The molecule has 3 nitrogen and oxygen atoms in total. The van der Waals surface area contributed by atoms with Gasteiger partial charge in [-0.15, -0.1) is 0 Å². The third kappa shape index (κ3) is 2.79. The molecule has 0 bridgehead atoms. The summed E-state index contributed by atoms with van der Waals surface area (Å²) in [6.45, 7) is 3.86. The van der Waals surface area contributed by atoms with E-state index in [1.807, 2.05) is 0 Å². The van der Waals surface area contributed by atoms with E-state index in [9.17, 15) is 8.42 Å². The van der Waals surface area contributed by atoms with Crippen LogP contribution >= 0.6 is 0 Å². The minimum Gasteiger partial charge on any atom is -0.267 e. The molecule has 0 radical (unpaired) electrons. The van der Waals surface area contributed by atoms with Crippen molar-refractivity contribution in [3.63, 3.8) is 0 Å². The van der Waals surface area contributed by atoms with E-state index in [2.05, 4.69) is 6.92 Å². The summed E-state index contributed by atoms with van der Waals surface area (Å²) in [5.41, 5.74) is 0. The van der Waals surface area contributed by atoms with E-state index in [0.29, 0.717) is 5.92 Å². The van der Waals surface area contributed by atoms with E-state index in [1.165, 1.54) is 0 Å². The quantitative estimate of drug-likeness (QED) is 0.523. The second-order valence-electron chi connectivity index (χ2n) is 3.30. The summed E-state index contributed by atoms with van der Waals surface area (Å²) in [5.74, 6) is 0.640. The van der Waals surface area contributed by atoms with Gasteiger partial charge in [-0.3, -0.25) is 4.18 Å². The van der Waals surface area contributed by atoms with Crippen molar-refractivity contribution in [3.8, 4) is 0 Å². The zero-order valence-corrected chi connectivity index (χ0v) is 7.73. The Morgan fingerprint density at radius 3 is 2.64 bits per heavy atom. The van der Waals surface area contributed by atoms with Crippen LogP contribution in [0, 0.1) is 5.92 Å². The van der Waals surface area contributed by atoms with E-state index in [4.69, 9.17) is 4.18 Å². The molecule has 0 aliphatic carbocycles. The number of hydrogen-bond acceptors (Lipinski definition) is 3. The highest BCUT2D eigenvalue weighted by Crippen LogP contribution is 2.20. The molecule has 1 heterocycles. The highest BCUT2D eigenvalue weighted by Gasteiger charge is 2.23. The average molecular weight is 178 g/mol. The second kappa shape index (κ2) is 3.11. The van der Waals surface area contributed by atoms with Gasteiger partial charge in [0.05, 0.1) is 11.9 Å². The summed E-state index contributed by atoms with van der Waals surface area (Å²) >= 11 is 0. The molecule has 0 aromatic heterocycles. The van der Waals surface area contributed by atoms with Gasteiger partial charge >= 0.3 is 0 Å². The SMILES string of the molecule is CC1CCS(=O)(=O)OC(C)C1. The Kier molecular flexibility index (Phi) is 2.54. The van der Waals surface area contributed by atoms with Crippen molar-refractivity contribution in [2.75, 3.05) is 5.75 Å². The molecule has 0 saturated carbocycles. The second-order valence-corrected chi connectivity index (χ2v) is 5.01. The van der Waals surface area contributed by atoms with Crippen LogP contribution in [0.1, 0.15) is 26.7 Å². The Hall–Kier alpha value is -0.0900. The molecule has 1 aliphatic rings. The molecule has 1 rings (SSSR count). The van der Waals surface area contributed by atoms with Crippen LogP contribution in [0.4, 0.5) is 0 Å². The number of hydrogen-bond donors (Lipinski definition) is 0. The summed E-state index contributed by atoms with van der Waals surface area (Å²) in [4.78, 5) is 0. The van der Waals surface area contributed by atoms with Crippen LogP contribution < -0.4 is 0 Å². The Balaban J connectivity index is 2.68. The summed E-state index contributed by atoms with van der Waals surface area (Å²) < 4.78 is 26.8. The molecule has 1 aliphatic heterocycles. The fourth-order valence-corrected chi connectivity index (χ4v) is 2.73. The summed E-state index contributed by atoms with van der Waals surface area (Å²) in [6, 6.07) is 0. The zero-order chi connectivity index (χ0) is 8.48. The monoisotopic (exact) mass is 178 g/mol. The molecule has 66 valence electrons. The van der Waals surface area contributed by atoms with Crippen LogP contribution in [0.25, 0.3) is 0 Å². The maximum Gasteiger partial charge on any atom is 0.267 e. The first kappa shape index (κ1) is 9.00. The molecule has 0 spiro atoms. The first-order chi connectivity index (χ1) is 4.99. The molecule has 1 saturated heterocycles. The predicted octanol–water partition coefficient (Wildman–Crippen LogP) is 1.15. The van der Waals surface area contributed by atoms with Crippen LogP contribution in [-0.2, 0) is 14.3 Å². The fourth-order valence-electron chi connectivity index (χ4n) is 1.37. The molecule has 0 amide bonds. The fraction of sp³-hybridized carbons (Fsp3) is 1.00. The zero-order valence-electron chi connectivity index (χ0n) is 6.91. The van der Waals surface area contributed by atoms with E-state index >= 15 is 0 Å². The Bertz CT molecular complexity index is 220. The molecular formula is C7H14O3S. The van der Waals surface area contributed by atoms with Gasteiger partial charge in [0.1, 0.15) is 0 Å². The van der Waals surface area contributed by atoms with Gasteiger partial charge in [0.25, 0.3) is 10.1 Å². The molecule has 0 N–H and O–H groups in total. The maximum atomic E-state index is 11.0. The highest BCUT2D eigenvalue weighted by molar-refractivity contribution is 7.86. The van der Waals surface area contributed by atoms with Crippen LogP contribution in [0.15, 0.2) is 0 Å². The van der Waals surface area contributed by atoms with E-state index in [0.717, 1.165) is 12.8 Å². The van der Waals surface area contributed by atoms with E-state index < -0.39 is 10.1 Å². The molecule has 1 fully saturated rings. The third-order valence-electron chi connectivity index (χ3n) is 1.91. The van der Waals surface area contributed by atoms with E-state index in [-0.39, 0.29) is 11.9 Å². The maximum absolute atomic E-state index is 11.0. The largest absolute Gasteiger partial charge is 0.267 e. The topological polar surface area (TPSA) is 43.4 Å². The van der Waals surface area contributed by atoms with Gasteiger partial charge in [0.2, 0.25) is 0 Å². The van der Waals surface area contributed by atoms with E-state index in [1.54, 1.807) is 6.92 Å². The Labute approximate surface area is 67.9 Å². The van der Waals surface area contributed by atoms with Crippen molar-refractivity contribution >= 4 is 10.1 Å². The Morgan fingerprint density at radius 1 is 1.36 bits per heavy atom.